The van der Waals surface area contributed by atoms with E-state index in [-0.39, 0.29) is 17.0 Å². The van der Waals surface area contributed by atoms with E-state index >= 15 is 4.39 Å². The number of amides is 1. The molecule has 1 unspecified atom stereocenters. The van der Waals surface area contributed by atoms with Crippen molar-refractivity contribution in [2.24, 2.45) is 5.41 Å². The maximum absolute atomic E-state index is 15.3. The number of benzene rings is 1. The summed E-state index contributed by atoms with van der Waals surface area (Å²) in [7, 11) is 0. The number of aryl methyl sites for hydroxylation is 2. The molecule has 33 heavy (non-hydrogen) atoms. The molecule has 7 nitrogen and oxygen atoms in total. The van der Waals surface area contributed by atoms with Crippen LogP contribution < -0.4 is 10.2 Å². The molecule has 0 aliphatic carbocycles. The molecule has 1 aliphatic rings. The number of nitrogens with zero attached hydrogens (tertiary/aromatic N) is 1. The fourth-order valence-corrected chi connectivity index (χ4v) is 4.47. The fraction of sp³-hybridized carbons (Fsp3) is 0.600. The minimum Gasteiger partial charge on any atom is -0.478 e. The van der Waals surface area contributed by atoms with Crippen molar-refractivity contribution in [2.45, 2.75) is 80.4 Å². The molecule has 2 heterocycles. The average Bonchev–Trinajstić information content (AvgIpc) is 2.94. The van der Waals surface area contributed by atoms with E-state index in [1.807, 2.05) is 32.6 Å². The Labute approximate surface area is 195 Å². The van der Waals surface area contributed by atoms with Gasteiger partial charge in [-0.2, -0.15) is 0 Å². The number of ether oxygens (including phenoxy) is 1. The molecule has 0 spiro atoms. The smallest absolute Gasteiger partial charge is 0.407 e. The van der Waals surface area contributed by atoms with Gasteiger partial charge in [0.25, 0.3) is 0 Å². The minimum atomic E-state index is -1.18. The van der Waals surface area contributed by atoms with Crippen molar-refractivity contribution in [3.63, 3.8) is 0 Å². The fourth-order valence-electron chi connectivity index (χ4n) is 4.47. The Hall–Kier alpha value is -2.77. The van der Waals surface area contributed by atoms with Crippen LogP contribution in [0.1, 0.15) is 76.5 Å². The van der Waals surface area contributed by atoms with Crippen molar-refractivity contribution >= 4 is 28.7 Å². The topological polar surface area (TPSA) is 94.7 Å². The highest BCUT2D eigenvalue weighted by molar-refractivity contribution is 6.08. The second-order valence-electron chi connectivity index (χ2n) is 10.3. The second kappa shape index (κ2) is 9.61. The SMILES string of the molecule is CC.Cc1[nH]c2c(C(=O)O)cc(F)c(N3CC(NC(=O)OC(C)(C)C)CC(C)(C)C3)c2c1C. The number of aromatic carboxylic acids is 1. The zero-order valence-corrected chi connectivity index (χ0v) is 21.3. The normalized spacial score (nSPS) is 17.9. The number of carboxylic acid groups (broad SMARTS) is 1. The first kappa shape index (κ1) is 26.5. The highest BCUT2D eigenvalue weighted by atomic mass is 19.1. The van der Waals surface area contributed by atoms with Crippen LogP contribution in [0.4, 0.5) is 14.9 Å². The van der Waals surface area contributed by atoms with Gasteiger partial charge in [-0.05, 0) is 58.1 Å². The summed E-state index contributed by atoms with van der Waals surface area (Å²) in [5.74, 6) is -1.76. The zero-order valence-electron chi connectivity index (χ0n) is 21.3. The van der Waals surface area contributed by atoms with Crippen LogP contribution in [0.25, 0.3) is 10.9 Å². The van der Waals surface area contributed by atoms with Crippen molar-refractivity contribution in [3.05, 3.63) is 28.7 Å². The number of nitrogens with one attached hydrogen (secondary N) is 2. The number of alkyl carbamates (subject to hydrolysis) is 1. The Balaban J connectivity index is 0.00000187. The van der Waals surface area contributed by atoms with E-state index in [9.17, 15) is 14.7 Å². The molecule has 2 aromatic rings. The summed E-state index contributed by atoms with van der Waals surface area (Å²) in [6.07, 6.45) is 0.210. The van der Waals surface area contributed by atoms with Gasteiger partial charge in [0.15, 0.2) is 0 Å². The predicted octanol–water partition coefficient (Wildman–Crippen LogP) is 5.78. The van der Waals surface area contributed by atoms with Crippen LogP contribution >= 0.6 is 0 Å². The van der Waals surface area contributed by atoms with Gasteiger partial charge in [0.05, 0.1) is 22.8 Å². The maximum Gasteiger partial charge on any atom is 0.407 e. The van der Waals surface area contributed by atoms with E-state index in [4.69, 9.17) is 4.74 Å². The molecule has 8 heteroatoms. The Morgan fingerprint density at radius 1 is 1.27 bits per heavy atom. The number of hydrogen-bond acceptors (Lipinski definition) is 4. The monoisotopic (exact) mass is 463 g/mol. The lowest BCUT2D eigenvalue weighted by Gasteiger charge is -2.44. The number of fused-ring (bicyclic) bond motifs is 1. The highest BCUT2D eigenvalue weighted by Crippen LogP contribution is 2.40. The van der Waals surface area contributed by atoms with Crippen molar-refractivity contribution in [2.75, 3.05) is 18.0 Å². The van der Waals surface area contributed by atoms with Crippen molar-refractivity contribution < 1.29 is 23.8 Å². The van der Waals surface area contributed by atoms with Crippen LogP contribution in [0.3, 0.4) is 0 Å². The van der Waals surface area contributed by atoms with E-state index in [2.05, 4.69) is 24.1 Å². The first-order valence-corrected chi connectivity index (χ1v) is 11.5. The molecule has 1 aromatic heterocycles. The lowest BCUT2D eigenvalue weighted by atomic mass is 9.81. The third-order valence-electron chi connectivity index (χ3n) is 5.63. The number of piperidine rings is 1. The van der Waals surface area contributed by atoms with Crippen molar-refractivity contribution in [1.29, 1.82) is 0 Å². The summed E-state index contributed by atoms with van der Waals surface area (Å²) < 4.78 is 20.7. The number of carbonyl (C=O) groups is 2. The number of rotatable bonds is 3. The number of halogens is 1. The van der Waals surface area contributed by atoms with Gasteiger partial charge in [-0.1, -0.05) is 27.7 Å². The summed E-state index contributed by atoms with van der Waals surface area (Å²) in [6, 6.07) is 0.834. The molecule has 184 valence electrons. The van der Waals surface area contributed by atoms with E-state index in [1.165, 1.54) is 0 Å². The lowest BCUT2D eigenvalue weighted by Crippen LogP contribution is -2.54. The minimum absolute atomic E-state index is 0.0906. The van der Waals surface area contributed by atoms with Crippen LogP contribution in [0, 0.1) is 25.1 Å². The highest BCUT2D eigenvalue weighted by Gasteiger charge is 2.36. The quantitative estimate of drug-likeness (QED) is 0.536. The molecule has 1 aliphatic heterocycles. The Bertz CT molecular complexity index is 1040. The average molecular weight is 464 g/mol. The van der Waals surface area contributed by atoms with Gasteiger partial charge in [0.2, 0.25) is 0 Å². The Morgan fingerprint density at radius 3 is 2.42 bits per heavy atom. The third kappa shape index (κ3) is 5.97. The number of aromatic amines is 1. The van der Waals surface area contributed by atoms with Gasteiger partial charge in [-0.3, -0.25) is 0 Å². The van der Waals surface area contributed by atoms with Crippen LogP contribution in [-0.4, -0.2) is 46.9 Å². The standard InChI is InChI=1S/C23H32FN3O4.C2H6/c1-12-13(2)25-18-15(20(28)29)8-16(24)19(17(12)18)27-10-14(9-23(6,7)11-27)26-21(30)31-22(3,4)5;1-2/h8,14,25H,9-11H2,1-7H3,(H,26,30)(H,28,29);1-2H3. The van der Waals surface area contributed by atoms with E-state index in [0.29, 0.717) is 36.1 Å². The molecule has 0 radical (unpaired) electrons. The van der Waals surface area contributed by atoms with Crippen LogP contribution in [0.2, 0.25) is 0 Å². The summed E-state index contributed by atoms with van der Waals surface area (Å²) >= 11 is 0. The summed E-state index contributed by atoms with van der Waals surface area (Å²) in [6.45, 7) is 18.2. The number of carbonyl (C=O) groups excluding carboxylic acids is 1. The number of H-pyrrole nitrogens is 1. The Kier molecular flexibility index (Phi) is 7.71. The first-order valence-electron chi connectivity index (χ1n) is 11.5. The first-order chi connectivity index (χ1) is 15.2. The third-order valence-corrected chi connectivity index (χ3v) is 5.63. The Morgan fingerprint density at radius 2 is 1.88 bits per heavy atom. The largest absolute Gasteiger partial charge is 0.478 e. The van der Waals surface area contributed by atoms with Gasteiger partial charge in [-0.15, -0.1) is 0 Å². The maximum atomic E-state index is 15.3. The second-order valence-corrected chi connectivity index (χ2v) is 10.3. The van der Waals surface area contributed by atoms with Gasteiger partial charge in [0.1, 0.15) is 11.4 Å². The number of anilines is 1. The zero-order chi connectivity index (χ0) is 25.3. The van der Waals surface area contributed by atoms with E-state index in [1.54, 1.807) is 20.8 Å². The van der Waals surface area contributed by atoms with Crippen molar-refractivity contribution in [3.8, 4) is 0 Å². The van der Waals surface area contributed by atoms with E-state index in [0.717, 1.165) is 17.3 Å². The molecule has 0 saturated carbocycles. The molecule has 1 fully saturated rings. The molecule has 3 rings (SSSR count). The molecule has 1 saturated heterocycles. The number of hydrogen-bond donors (Lipinski definition) is 3. The summed E-state index contributed by atoms with van der Waals surface area (Å²) in [5.41, 5.74) is 1.48. The lowest BCUT2D eigenvalue weighted by molar-refractivity contribution is 0.0484. The molecule has 1 atom stereocenters. The molecular weight excluding hydrogens is 425 g/mol. The van der Waals surface area contributed by atoms with Crippen LogP contribution in [-0.2, 0) is 4.74 Å². The predicted molar refractivity (Wildman–Crippen MR) is 130 cm³/mol. The van der Waals surface area contributed by atoms with E-state index < -0.39 is 23.5 Å². The summed E-state index contributed by atoms with van der Waals surface area (Å²) in [4.78, 5) is 29.1. The van der Waals surface area contributed by atoms with Crippen LogP contribution in [0.5, 0.6) is 0 Å². The summed E-state index contributed by atoms with van der Waals surface area (Å²) in [5, 5.41) is 13.1. The molecule has 1 aromatic carbocycles. The van der Waals surface area contributed by atoms with Gasteiger partial charge in [-0.25, -0.2) is 14.0 Å². The van der Waals surface area contributed by atoms with Gasteiger partial charge in [0, 0.05) is 24.2 Å². The molecule has 3 N–H and O–H groups in total. The molecule has 0 bridgehead atoms. The molecular formula is C25H38FN3O4. The number of carboxylic acids is 1. The van der Waals surface area contributed by atoms with Crippen molar-refractivity contribution in [1.82, 2.24) is 10.3 Å². The van der Waals surface area contributed by atoms with Gasteiger partial charge >= 0.3 is 12.1 Å². The van der Waals surface area contributed by atoms with Crippen LogP contribution in [0.15, 0.2) is 6.07 Å². The number of aromatic nitrogens is 1. The van der Waals surface area contributed by atoms with Gasteiger partial charge < -0.3 is 25.0 Å². The molecule has 1 amide bonds.